The summed E-state index contributed by atoms with van der Waals surface area (Å²) in [5, 5.41) is 0. The smallest absolute Gasteiger partial charge is 0.189 e. The zero-order valence-electron chi connectivity index (χ0n) is 15.1. The monoisotopic (exact) mass is 312 g/mol. The van der Waals surface area contributed by atoms with E-state index in [1.165, 1.54) is 5.56 Å². The van der Waals surface area contributed by atoms with E-state index in [0.717, 1.165) is 11.6 Å². The minimum Gasteiger partial charge on any atom is -0.484 e. The Balaban J connectivity index is 2.59. The van der Waals surface area contributed by atoms with Gasteiger partial charge in [0.2, 0.25) is 0 Å². The van der Waals surface area contributed by atoms with Crippen LogP contribution in [0.3, 0.4) is 0 Å². The van der Waals surface area contributed by atoms with Crippen LogP contribution in [-0.4, -0.2) is 24.8 Å². The molecule has 1 heterocycles. The number of aliphatic imine (C=N–C) groups is 2. The predicted octanol–water partition coefficient (Wildman–Crippen LogP) is 4.78. The second-order valence-corrected chi connectivity index (χ2v) is 7.45. The zero-order valence-corrected chi connectivity index (χ0v) is 15.1. The Labute approximate surface area is 140 Å². The van der Waals surface area contributed by atoms with E-state index >= 15 is 0 Å². The highest BCUT2D eigenvalue weighted by Gasteiger charge is 2.35. The molecule has 0 fully saturated rings. The van der Waals surface area contributed by atoms with Gasteiger partial charge in [-0.25, -0.2) is 4.99 Å². The quantitative estimate of drug-likeness (QED) is 0.739. The van der Waals surface area contributed by atoms with Crippen LogP contribution in [0, 0.1) is 5.92 Å². The summed E-state index contributed by atoms with van der Waals surface area (Å²) in [4.78, 5) is 9.47. The molecule has 0 aromatic heterocycles. The van der Waals surface area contributed by atoms with Crippen molar-refractivity contribution >= 4 is 12.1 Å². The predicted molar refractivity (Wildman–Crippen MR) is 98.3 cm³/mol. The highest BCUT2D eigenvalue weighted by Crippen LogP contribution is 2.36. The molecule has 0 bridgehead atoms. The van der Waals surface area contributed by atoms with Crippen molar-refractivity contribution < 1.29 is 4.74 Å². The van der Waals surface area contributed by atoms with Crippen molar-refractivity contribution in [3.63, 3.8) is 0 Å². The maximum Gasteiger partial charge on any atom is 0.189 e. The third kappa shape index (κ3) is 4.31. The van der Waals surface area contributed by atoms with E-state index in [9.17, 15) is 0 Å². The molecule has 124 valence electrons. The molecule has 3 nitrogen and oxygen atoms in total. The Kier molecular flexibility index (Phi) is 5.08. The summed E-state index contributed by atoms with van der Waals surface area (Å²) in [5.74, 6) is 1.10. The zero-order chi connectivity index (χ0) is 17.1. The molecule has 1 aromatic rings. The Hall–Kier alpha value is -1.90. The molecule has 0 radical (unpaired) electrons. The fourth-order valence-electron chi connectivity index (χ4n) is 2.59. The molecule has 1 unspecified atom stereocenters. The summed E-state index contributed by atoms with van der Waals surface area (Å²) in [5.41, 5.74) is 1.85. The van der Waals surface area contributed by atoms with Gasteiger partial charge in [-0.15, -0.1) is 0 Å². The molecule has 1 aromatic carbocycles. The van der Waals surface area contributed by atoms with Gasteiger partial charge in [0, 0.05) is 18.3 Å². The normalized spacial score (nSPS) is 22.2. The first-order valence-electron chi connectivity index (χ1n) is 8.22. The lowest BCUT2D eigenvalue weighted by Gasteiger charge is -2.33. The minimum absolute atomic E-state index is 0.116. The van der Waals surface area contributed by atoms with Gasteiger partial charge in [0.1, 0.15) is 0 Å². The third-order valence-electron chi connectivity index (χ3n) is 3.92. The van der Waals surface area contributed by atoms with Crippen molar-refractivity contribution in [3.05, 3.63) is 47.7 Å². The average molecular weight is 312 g/mol. The number of hydrogen-bond acceptors (Lipinski definition) is 3. The van der Waals surface area contributed by atoms with E-state index in [2.05, 4.69) is 76.2 Å². The van der Waals surface area contributed by atoms with E-state index < -0.39 is 0 Å². The maximum atomic E-state index is 5.53. The highest BCUT2D eigenvalue weighted by molar-refractivity contribution is 5.90. The Morgan fingerprint density at radius 2 is 1.87 bits per heavy atom. The molecular weight excluding hydrogens is 284 g/mol. The van der Waals surface area contributed by atoms with E-state index in [1.807, 2.05) is 6.07 Å². The first kappa shape index (κ1) is 17.5. The highest BCUT2D eigenvalue weighted by atomic mass is 16.5. The van der Waals surface area contributed by atoms with Gasteiger partial charge < -0.3 is 4.74 Å². The summed E-state index contributed by atoms with van der Waals surface area (Å²) in [6, 6.07) is 10.5. The number of allylic oxidation sites excluding steroid dienone is 2. The third-order valence-corrected chi connectivity index (χ3v) is 3.92. The van der Waals surface area contributed by atoms with Crippen LogP contribution >= 0.6 is 0 Å². The molecule has 0 saturated heterocycles. The van der Waals surface area contributed by atoms with Crippen LogP contribution < -0.4 is 0 Å². The molecule has 0 N–H and O–H groups in total. The van der Waals surface area contributed by atoms with Crippen LogP contribution in [0.25, 0.3) is 0 Å². The van der Waals surface area contributed by atoms with Crippen molar-refractivity contribution in [3.8, 4) is 0 Å². The number of methoxy groups -OCH3 is 1. The van der Waals surface area contributed by atoms with Crippen LogP contribution in [-0.2, 0) is 10.2 Å². The van der Waals surface area contributed by atoms with Crippen molar-refractivity contribution in [2.24, 2.45) is 15.9 Å². The molecular formula is C20H28N2O. The van der Waals surface area contributed by atoms with Crippen molar-refractivity contribution in [2.75, 3.05) is 7.11 Å². The number of rotatable bonds is 3. The van der Waals surface area contributed by atoms with Crippen molar-refractivity contribution in [1.29, 1.82) is 0 Å². The lowest BCUT2D eigenvalue weighted by molar-refractivity contribution is 0.378. The van der Waals surface area contributed by atoms with Crippen LogP contribution in [0.15, 0.2) is 52.1 Å². The van der Waals surface area contributed by atoms with Gasteiger partial charge in [-0.05, 0) is 38.3 Å². The molecule has 0 saturated carbocycles. The summed E-state index contributed by atoms with van der Waals surface area (Å²) in [7, 11) is 1.69. The Bertz CT molecular complexity index is 621. The summed E-state index contributed by atoms with van der Waals surface area (Å²) in [6.07, 6.45) is 5.03. The van der Waals surface area contributed by atoms with Gasteiger partial charge in [0.25, 0.3) is 0 Å². The number of hydrogen-bond donors (Lipinski definition) is 0. The van der Waals surface area contributed by atoms with E-state index in [1.54, 1.807) is 7.11 Å². The molecule has 23 heavy (non-hydrogen) atoms. The summed E-state index contributed by atoms with van der Waals surface area (Å²) >= 11 is 0. The van der Waals surface area contributed by atoms with Gasteiger partial charge in [-0.1, -0.05) is 44.2 Å². The van der Waals surface area contributed by atoms with E-state index in [0.29, 0.717) is 12.3 Å². The molecule has 1 atom stereocenters. The molecule has 1 aliphatic rings. The van der Waals surface area contributed by atoms with E-state index in [-0.39, 0.29) is 11.0 Å². The summed E-state index contributed by atoms with van der Waals surface area (Å²) < 4.78 is 5.53. The van der Waals surface area contributed by atoms with Crippen molar-refractivity contribution in [2.45, 2.75) is 52.0 Å². The average Bonchev–Trinajstić information content (AvgIpc) is 2.52. The number of ether oxygens (including phenoxy) is 1. The second-order valence-electron chi connectivity index (χ2n) is 7.45. The lowest BCUT2D eigenvalue weighted by Crippen LogP contribution is -2.34. The summed E-state index contributed by atoms with van der Waals surface area (Å²) in [6.45, 7) is 10.7. The van der Waals surface area contributed by atoms with Crippen LogP contribution in [0.5, 0.6) is 0 Å². The molecule has 3 heteroatoms. The van der Waals surface area contributed by atoms with Crippen LogP contribution in [0.2, 0.25) is 0 Å². The van der Waals surface area contributed by atoms with Crippen LogP contribution in [0.4, 0.5) is 0 Å². The van der Waals surface area contributed by atoms with Gasteiger partial charge in [-0.2, -0.15) is 0 Å². The minimum atomic E-state index is -0.304. The van der Waals surface area contributed by atoms with Gasteiger partial charge in [0.15, 0.2) is 5.90 Å². The second kappa shape index (κ2) is 6.69. The van der Waals surface area contributed by atoms with Crippen LogP contribution in [0.1, 0.15) is 46.6 Å². The van der Waals surface area contributed by atoms with Gasteiger partial charge in [-0.3, -0.25) is 4.99 Å². The molecule has 1 aliphatic heterocycles. The molecule has 0 aliphatic carbocycles. The van der Waals surface area contributed by atoms with Gasteiger partial charge in [0.05, 0.1) is 18.1 Å². The Morgan fingerprint density at radius 3 is 2.39 bits per heavy atom. The first-order chi connectivity index (χ1) is 10.8. The molecule has 0 amide bonds. The van der Waals surface area contributed by atoms with E-state index in [4.69, 9.17) is 9.73 Å². The maximum absolute atomic E-state index is 5.53. The SMILES string of the molecule is COC1=NC(C(C)C)=CC(C=NC(C)(C)C)(c2ccccc2)C1. The molecule has 2 rings (SSSR count). The van der Waals surface area contributed by atoms with Gasteiger partial charge >= 0.3 is 0 Å². The number of benzene rings is 1. The first-order valence-corrected chi connectivity index (χ1v) is 8.22. The largest absolute Gasteiger partial charge is 0.484 e. The Morgan fingerprint density at radius 1 is 1.22 bits per heavy atom. The molecule has 0 spiro atoms. The van der Waals surface area contributed by atoms with Crippen molar-refractivity contribution in [1.82, 2.24) is 0 Å². The fraction of sp³-hybridized carbons (Fsp3) is 0.500. The topological polar surface area (TPSA) is 34.0 Å². The number of nitrogens with zero attached hydrogens (tertiary/aromatic N) is 2. The fourth-order valence-corrected chi connectivity index (χ4v) is 2.59. The standard InChI is InChI=1S/C20H28N2O/c1-15(2)17-12-20(13-18(22-17)23-6,14-21-19(3,4)5)16-10-8-7-9-11-16/h7-12,14-15H,13H2,1-6H3. The lowest BCUT2D eigenvalue weighted by atomic mass is 9.75.